The van der Waals surface area contributed by atoms with Crippen molar-refractivity contribution in [3.05, 3.63) is 17.9 Å². The predicted molar refractivity (Wildman–Crippen MR) is 56.4 cm³/mol. The second-order valence-electron chi connectivity index (χ2n) is 3.88. The number of carboxylic acid groups (broad SMARTS) is 1. The Hall–Kier alpha value is -1.42. The highest BCUT2D eigenvalue weighted by Gasteiger charge is 2.39. The molecule has 9 heteroatoms. The molecule has 100 valence electrons. The summed E-state index contributed by atoms with van der Waals surface area (Å²) in [5.74, 6) is -1.87. The predicted octanol–water partition coefficient (Wildman–Crippen LogP) is -1.30. The maximum atomic E-state index is 12.0. The fourth-order valence-electron chi connectivity index (χ4n) is 1.63. The van der Waals surface area contributed by atoms with Crippen LogP contribution in [0.15, 0.2) is 21.6 Å². The molecular formula is C9H11NO7S. The smallest absolute Gasteiger partial charge is 0.371 e. The van der Waals surface area contributed by atoms with E-state index in [4.69, 9.17) is 9.52 Å². The Morgan fingerprint density at radius 3 is 2.28 bits per heavy atom. The molecule has 1 aliphatic rings. The van der Waals surface area contributed by atoms with Crippen molar-refractivity contribution in [2.45, 2.75) is 17.3 Å². The lowest BCUT2D eigenvalue weighted by atomic mass is 10.3. The van der Waals surface area contributed by atoms with Gasteiger partial charge in [0.2, 0.25) is 10.9 Å². The van der Waals surface area contributed by atoms with Crippen LogP contribution < -0.4 is 0 Å². The van der Waals surface area contributed by atoms with Crippen LogP contribution in [0.5, 0.6) is 0 Å². The number of furan rings is 1. The molecule has 1 aliphatic heterocycles. The molecule has 8 nitrogen and oxygen atoms in total. The van der Waals surface area contributed by atoms with Crippen molar-refractivity contribution >= 4 is 16.0 Å². The van der Waals surface area contributed by atoms with Crippen LogP contribution in [0.1, 0.15) is 10.6 Å². The Morgan fingerprint density at radius 1 is 1.28 bits per heavy atom. The maximum absolute atomic E-state index is 12.0. The lowest BCUT2D eigenvalue weighted by Gasteiger charge is -2.12. The summed E-state index contributed by atoms with van der Waals surface area (Å²) in [6.07, 6.45) is -2.32. The van der Waals surface area contributed by atoms with Gasteiger partial charge in [0.15, 0.2) is 0 Å². The molecule has 0 saturated carbocycles. The molecule has 0 unspecified atom stereocenters. The van der Waals surface area contributed by atoms with Crippen LogP contribution in [0.25, 0.3) is 0 Å². The fraction of sp³-hybridized carbons (Fsp3) is 0.444. The minimum Gasteiger partial charge on any atom is -0.475 e. The molecule has 0 bridgehead atoms. The van der Waals surface area contributed by atoms with Gasteiger partial charge in [0.05, 0.1) is 12.2 Å². The van der Waals surface area contributed by atoms with Gasteiger partial charge in [0.1, 0.15) is 0 Å². The van der Waals surface area contributed by atoms with Crippen LogP contribution >= 0.6 is 0 Å². The minimum atomic E-state index is -4.03. The van der Waals surface area contributed by atoms with Crippen LogP contribution in [0, 0.1) is 0 Å². The molecule has 0 spiro atoms. The van der Waals surface area contributed by atoms with Crippen molar-refractivity contribution in [3.63, 3.8) is 0 Å². The molecule has 0 aromatic carbocycles. The number of rotatable bonds is 3. The number of carboxylic acids is 1. The molecule has 2 rings (SSSR count). The first-order valence-corrected chi connectivity index (χ1v) is 6.46. The summed E-state index contributed by atoms with van der Waals surface area (Å²) in [4.78, 5) is 10.6. The number of hydrogen-bond acceptors (Lipinski definition) is 6. The Kier molecular flexibility index (Phi) is 3.15. The zero-order valence-electron chi connectivity index (χ0n) is 9.05. The summed E-state index contributed by atoms with van der Waals surface area (Å²) in [5, 5.41) is 26.7. The molecule has 2 heterocycles. The number of hydrogen-bond donors (Lipinski definition) is 3. The molecule has 1 saturated heterocycles. The Balaban J connectivity index is 2.28. The second-order valence-corrected chi connectivity index (χ2v) is 5.75. The summed E-state index contributed by atoms with van der Waals surface area (Å²) in [6, 6.07) is 2.05. The van der Waals surface area contributed by atoms with E-state index < -0.39 is 39.1 Å². The van der Waals surface area contributed by atoms with E-state index >= 15 is 0 Å². The number of aliphatic hydroxyl groups is 2. The van der Waals surface area contributed by atoms with Gasteiger partial charge in [-0.1, -0.05) is 0 Å². The maximum Gasteiger partial charge on any atom is 0.371 e. The molecule has 2 atom stereocenters. The standard InChI is InChI=1S/C9H11NO7S/c11-5-3-10(4-6(5)12)18(15,16)8-2-1-7(17-8)9(13)14/h1-2,5-6,11-12H,3-4H2,(H,13,14)/t5-,6+. The van der Waals surface area contributed by atoms with Crippen molar-refractivity contribution in [3.8, 4) is 0 Å². The molecule has 18 heavy (non-hydrogen) atoms. The summed E-state index contributed by atoms with van der Waals surface area (Å²) in [7, 11) is -4.03. The summed E-state index contributed by atoms with van der Waals surface area (Å²) in [6.45, 7) is -0.515. The van der Waals surface area contributed by atoms with E-state index in [1.165, 1.54) is 0 Å². The molecule has 1 aromatic rings. The van der Waals surface area contributed by atoms with Gasteiger partial charge in [-0.05, 0) is 12.1 Å². The number of aliphatic hydroxyl groups excluding tert-OH is 2. The number of nitrogens with zero attached hydrogens (tertiary/aromatic N) is 1. The molecule has 3 N–H and O–H groups in total. The highest BCUT2D eigenvalue weighted by molar-refractivity contribution is 7.89. The van der Waals surface area contributed by atoms with Crippen LogP contribution in [-0.4, -0.2) is 59.3 Å². The van der Waals surface area contributed by atoms with E-state index in [0.29, 0.717) is 0 Å². The highest BCUT2D eigenvalue weighted by Crippen LogP contribution is 2.23. The first kappa shape index (κ1) is 13.0. The normalized spacial score (nSPS) is 25.4. The molecule has 1 aromatic heterocycles. The number of β-amino-alcohol motifs (C(OH)–C–C–N with tert-alkyl or cyclic N) is 2. The molecule has 0 radical (unpaired) electrons. The topological polar surface area (TPSA) is 128 Å². The van der Waals surface area contributed by atoms with Crippen molar-refractivity contribution in [1.29, 1.82) is 0 Å². The lowest BCUT2D eigenvalue weighted by Crippen LogP contribution is -2.29. The first-order chi connectivity index (χ1) is 8.32. The van der Waals surface area contributed by atoms with Crippen LogP contribution in [0.3, 0.4) is 0 Å². The summed E-state index contributed by atoms with van der Waals surface area (Å²) in [5.41, 5.74) is 0. The van der Waals surface area contributed by atoms with E-state index in [9.17, 15) is 23.4 Å². The van der Waals surface area contributed by atoms with Crippen molar-refractivity contribution in [1.82, 2.24) is 4.31 Å². The van der Waals surface area contributed by atoms with Gasteiger partial charge in [-0.2, -0.15) is 4.31 Å². The molecule has 1 fully saturated rings. The van der Waals surface area contributed by atoms with Gasteiger partial charge in [0, 0.05) is 13.1 Å². The quantitative estimate of drug-likeness (QED) is 0.626. The zero-order chi connectivity index (χ0) is 13.5. The minimum absolute atomic E-state index is 0.257. The third-order valence-electron chi connectivity index (χ3n) is 2.61. The van der Waals surface area contributed by atoms with Gasteiger partial charge < -0.3 is 19.7 Å². The molecular weight excluding hydrogens is 266 g/mol. The largest absolute Gasteiger partial charge is 0.475 e. The van der Waals surface area contributed by atoms with Crippen molar-refractivity contribution in [2.75, 3.05) is 13.1 Å². The first-order valence-electron chi connectivity index (χ1n) is 5.02. The van der Waals surface area contributed by atoms with E-state index in [1.54, 1.807) is 0 Å². The van der Waals surface area contributed by atoms with Crippen molar-refractivity contribution in [2.24, 2.45) is 0 Å². The second kappa shape index (κ2) is 4.35. The number of sulfonamides is 1. The monoisotopic (exact) mass is 277 g/mol. The summed E-state index contributed by atoms with van der Waals surface area (Å²) < 4.78 is 29.5. The van der Waals surface area contributed by atoms with E-state index in [0.717, 1.165) is 16.4 Å². The van der Waals surface area contributed by atoms with E-state index in [2.05, 4.69) is 0 Å². The average molecular weight is 277 g/mol. The van der Waals surface area contributed by atoms with Crippen molar-refractivity contribution < 1.29 is 32.9 Å². The Morgan fingerprint density at radius 2 is 1.83 bits per heavy atom. The highest BCUT2D eigenvalue weighted by atomic mass is 32.2. The molecule has 0 aliphatic carbocycles. The third kappa shape index (κ3) is 2.12. The van der Waals surface area contributed by atoms with Gasteiger partial charge in [0.25, 0.3) is 10.0 Å². The van der Waals surface area contributed by atoms with Crippen LogP contribution in [0.4, 0.5) is 0 Å². The lowest BCUT2D eigenvalue weighted by molar-refractivity contribution is 0.0572. The van der Waals surface area contributed by atoms with Gasteiger partial charge in [-0.3, -0.25) is 0 Å². The Bertz CT molecular complexity index is 553. The Labute approximate surface area is 102 Å². The SMILES string of the molecule is O=C(O)c1ccc(S(=O)(=O)N2C[C@@H](O)[C@@H](O)C2)o1. The van der Waals surface area contributed by atoms with Gasteiger partial charge in [-0.25, -0.2) is 13.2 Å². The van der Waals surface area contributed by atoms with Crippen LogP contribution in [-0.2, 0) is 10.0 Å². The number of aromatic carboxylic acids is 1. The van der Waals surface area contributed by atoms with Gasteiger partial charge in [-0.15, -0.1) is 0 Å². The zero-order valence-corrected chi connectivity index (χ0v) is 9.87. The van der Waals surface area contributed by atoms with E-state index in [-0.39, 0.29) is 13.1 Å². The molecule has 0 amide bonds. The van der Waals surface area contributed by atoms with E-state index in [1.807, 2.05) is 0 Å². The number of carbonyl (C=O) groups is 1. The summed E-state index contributed by atoms with van der Waals surface area (Å²) >= 11 is 0. The fourth-order valence-corrected chi connectivity index (χ4v) is 3.02. The van der Waals surface area contributed by atoms with Crippen LogP contribution in [0.2, 0.25) is 0 Å². The van der Waals surface area contributed by atoms with Gasteiger partial charge >= 0.3 is 5.97 Å². The average Bonchev–Trinajstić information content (AvgIpc) is 2.87. The third-order valence-corrected chi connectivity index (χ3v) is 4.32.